The molecule has 0 bridgehead atoms. The van der Waals surface area contributed by atoms with Gasteiger partial charge in [-0.15, -0.1) is 0 Å². The molecule has 2 unspecified atom stereocenters. The maximum Gasteiger partial charge on any atom is 0.251 e. The van der Waals surface area contributed by atoms with Crippen molar-refractivity contribution in [1.29, 1.82) is 0 Å². The Kier molecular flexibility index (Phi) is 3.53. The van der Waals surface area contributed by atoms with Crippen LogP contribution < -0.4 is 5.32 Å². The van der Waals surface area contributed by atoms with Crippen molar-refractivity contribution in [2.75, 3.05) is 13.2 Å². The summed E-state index contributed by atoms with van der Waals surface area (Å²) < 4.78 is 5.54. The summed E-state index contributed by atoms with van der Waals surface area (Å²) in [7, 11) is 0. The van der Waals surface area contributed by atoms with Crippen LogP contribution in [0.3, 0.4) is 0 Å². The predicted octanol–water partition coefficient (Wildman–Crippen LogP) is 1.57. The lowest BCUT2D eigenvalue weighted by atomic mass is 9.94. The quantitative estimate of drug-likeness (QED) is 0.868. The van der Waals surface area contributed by atoms with Crippen LogP contribution in [0.25, 0.3) is 0 Å². The lowest BCUT2D eigenvalue weighted by Crippen LogP contribution is -2.32. The predicted molar refractivity (Wildman–Crippen MR) is 71.0 cm³/mol. The van der Waals surface area contributed by atoms with Crippen molar-refractivity contribution < 1.29 is 14.6 Å². The number of aliphatic hydroxyl groups excluding tert-OH is 1. The van der Waals surface area contributed by atoms with Gasteiger partial charge in [-0.3, -0.25) is 4.79 Å². The maximum absolute atomic E-state index is 11.8. The van der Waals surface area contributed by atoms with Crippen LogP contribution in [-0.4, -0.2) is 30.3 Å². The maximum atomic E-state index is 11.8. The molecule has 4 heteroatoms. The van der Waals surface area contributed by atoms with Crippen molar-refractivity contribution in [2.24, 2.45) is 0 Å². The molecule has 2 heterocycles. The zero-order chi connectivity index (χ0) is 13.2. The SMILES string of the molecule is O=C1NCCc2ccc(C(O)CC3CCCO3)cc21. The van der Waals surface area contributed by atoms with Crippen LogP contribution in [0.15, 0.2) is 18.2 Å². The van der Waals surface area contributed by atoms with E-state index in [1.165, 1.54) is 0 Å². The van der Waals surface area contributed by atoms with E-state index in [9.17, 15) is 9.90 Å². The number of ether oxygens (including phenoxy) is 1. The first kappa shape index (κ1) is 12.6. The number of nitrogens with one attached hydrogen (secondary N) is 1. The van der Waals surface area contributed by atoms with Gasteiger partial charge in [-0.2, -0.15) is 0 Å². The monoisotopic (exact) mass is 261 g/mol. The molecule has 102 valence electrons. The number of benzene rings is 1. The highest BCUT2D eigenvalue weighted by molar-refractivity contribution is 5.96. The summed E-state index contributed by atoms with van der Waals surface area (Å²) in [4.78, 5) is 11.8. The molecule has 0 aliphatic carbocycles. The van der Waals surface area contributed by atoms with Gasteiger partial charge in [0.25, 0.3) is 5.91 Å². The molecule has 1 fully saturated rings. The molecule has 1 saturated heterocycles. The molecule has 2 aliphatic heterocycles. The van der Waals surface area contributed by atoms with Crippen molar-refractivity contribution in [3.63, 3.8) is 0 Å². The van der Waals surface area contributed by atoms with E-state index in [1.807, 2.05) is 18.2 Å². The smallest absolute Gasteiger partial charge is 0.251 e. The summed E-state index contributed by atoms with van der Waals surface area (Å²) in [5.41, 5.74) is 2.58. The van der Waals surface area contributed by atoms with Gasteiger partial charge in [0.1, 0.15) is 0 Å². The third-order valence-electron chi connectivity index (χ3n) is 3.95. The molecule has 0 saturated carbocycles. The molecule has 2 atom stereocenters. The summed E-state index contributed by atoms with van der Waals surface area (Å²) >= 11 is 0. The second-order valence-electron chi connectivity index (χ2n) is 5.31. The molecule has 1 aromatic carbocycles. The van der Waals surface area contributed by atoms with Gasteiger partial charge in [0.2, 0.25) is 0 Å². The van der Waals surface area contributed by atoms with Gasteiger partial charge in [-0.25, -0.2) is 0 Å². The second kappa shape index (κ2) is 5.31. The molecule has 4 nitrogen and oxygen atoms in total. The molecule has 19 heavy (non-hydrogen) atoms. The van der Waals surface area contributed by atoms with E-state index in [4.69, 9.17) is 4.74 Å². The molecule has 2 N–H and O–H groups in total. The van der Waals surface area contributed by atoms with Crippen LogP contribution in [0.2, 0.25) is 0 Å². The standard InChI is InChI=1S/C15H19NO3/c17-14(9-12-2-1-7-19-12)11-4-3-10-5-6-16-15(18)13(10)8-11/h3-4,8,12,14,17H,1-2,5-7,9H2,(H,16,18). The minimum Gasteiger partial charge on any atom is -0.388 e. The highest BCUT2D eigenvalue weighted by atomic mass is 16.5. The summed E-state index contributed by atoms with van der Waals surface area (Å²) in [6, 6.07) is 5.71. The zero-order valence-corrected chi connectivity index (χ0v) is 10.9. The van der Waals surface area contributed by atoms with Crippen LogP contribution in [0, 0.1) is 0 Å². The minimum absolute atomic E-state index is 0.0348. The Hall–Kier alpha value is -1.39. The molecule has 0 spiro atoms. The van der Waals surface area contributed by atoms with Crippen molar-refractivity contribution in [1.82, 2.24) is 5.32 Å². The normalized spacial score (nSPS) is 23.8. The Bertz CT molecular complexity index is 480. The Morgan fingerprint density at radius 3 is 3.16 bits per heavy atom. The number of rotatable bonds is 3. The lowest BCUT2D eigenvalue weighted by Gasteiger charge is -2.20. The van der Waals surface area contributed by atoms with Gasteiger partial charge < -0.3 is 15.2 Å². The van der Waals surface area contributed by atoms with E-state index in [2.05, 4.69) is 5.32 Å². The summed E-state index contributed by atoms with van der Waals surface area (Å²) in [6.45, 7) is 1.49. The molecular weight excluding hydrogens is 242 g/mol. The fourth-order valence-corrected chi connectivity index (χ4v) is 2.85. The number of carbonyl (C=O) groups excluding carboxylic acids is 1. The number of amides is 1. The summed E-state index contributed by atoms with van der Waals surface area (Å²) in [5, 5.41) is 13.1. The van der Waals surface area contributed by atoms with Gasteiger partial charge in [0.05, 0.1) is 12.2 Å². The Labute approximate surface area is 112 Å². The van der Waals surface area contributed by atoms with Gasteiger partial charge in [0, 0.05) is 25.1 Å². The molecule has 1 amide bonds. The van der Waals surface area contributed by atoms with E-state index < -0.39 is 6.10 Å². The van der Waals surface area contributed by atoms with E-state index in [0.717, 1.165) is 37.0 Å². The van der Waals surface area contributed by atoms with Crippen LogP contribution in [0.1, 0.15) is 46.9 Å². The largest absolute Gasteiger partial charge is 0.388 e. The average molecular weight is 261 g/mol. The average Bonchev–Trinajstić information content (AvgIpc) is 2.92. The Morgan fingerprint density at radius 2 is 2.37 bits per heavy atom. The van der Waals surface area contributed by atoms with Crippen LogP contribution in [-0.2, 0) is 11.2 Å². The van der Waals surface area contributed by atoms with Crippen LogP contribution in [0.5, 0.6) is 0 Å². The van der Waals surface area contributed by atoms with Gasteiger partial charge in [-0.1, -0.05) is 12.1 Å². The van der Waals surface area contributed by atoms with Crippen molar-refractivity contribution in [3.8, 4) is 0 Å². The minimum atomic E-state index is -0.553. The fraction of sp³-hybridized carbons (Fsp3) is 0.533. The van der Waals surface area contributed by atoms with E-state index in [0.29, 0.717) is 18.5 Å². The van der Waals surface area contributed by atoms with E-state index in [1.54, 1.807) is 0 Å². The number of fused-ring (bicyclic) bond motifs is 1. The molecule has 0 radical (unpaired) electrons. The first-order chi connectivity index (χ1) is 9.24. The number of aliphatic hydroxyl groups is 1. The molecule has 3 rings (SSSR count). The second-order valence-corrected chi connectivity index (χ2v) is 5.31. The first-order valence-corrected chi connectivity index (χ1v) is 6.95. The van der Waals surface area contributed by atoms with E-state index >= 15 is 0 Å². The third-order valence-corrected chi connectivity index (χ3v) is 3.95. The Balaban J connectivity index is 1.76. The van der Waals surface area contributed by atoms with Gasteiger partial charge in [-0.05, 0) is 36.5 Å². The summed E-state index contributed by atoms with van der Waals surface area (Å²) in [5.74, 6) is -0.0348. The first-order valence-electron chi connectivity index (χ1n) is 6.95. The molecule has 2 aliphatic rings. The van der Waals surface area contributed by atoms with Crippen molar-refractivity contribution in [3.05, 3.63) is 34.9 Å². The van der Waals surface area contributed by atoms with Crippen LogP contribution >= 0.6 is 0 Å². The number of hydrogen-bond donors (Lipinski definition) is 2. The molecular formula is C15H19NO3. The Morgan fingerprint density at radius 1 is 1.47 bits per heavy atom. The highest BCUT2D eigenvalue weighted by Gasteiger charge is 2.22. The number of hydrogen-bond acceptors (Lipinski definition) is 3. The van der Waals surface area contributed by atoms with Crippen LogP contribution in [0.4, 0.5) is 0 Å². The van der Waals surface area contributed by atoms with Gasteiger partial charge >= 0.3 is 0 Å². The third kappa shape index (κ3) is 2.65. The van der Waals surface area contributed by atoms with E-state index in [-0.39, 0.29) is 12.0 Å². The number of carbonyl (C=O) groups is 1. The molecule has 0 aromatic heterocycles. The lowest BCUT2D eigenvalue weighted by molar-refractivity contribution is 0.0535. The molecule has 1 aromatic rings. The van der Waals surface area contributed by atoms with Crippen molar-refractivity contribution in [2.45, 2.75) is 37.9 Å². The zero-order valence-electron chi connectivity index (χ0n) is 10.9. The highest BCUT2D eigenvalue weighted by Crippen LogP contribution is 2.27. The summed E-state index contributed by atoms with van der Waals surface area (Å²) in [6.07, 6.45) is 3.17. The van der Waals surface area contributed by atoms with Gasteiger partial charge in [0.15, 0.2) is 0 Å². The van der Waals surface area contributed by atoms with Crippen molar-refractivity contribution >= 4 is 5.91 Å². The fourth-order valence-electron chi connectivity index (χ4n) is 2.85. The topological polar surface area (TPSA) is 58.6 Å².